The van der Waals surface area contributed by atoms with Crippen LogP contribution in [-0.4, -0.2) is 67.3 Å². The van der Waals surface area contributed by atoms with Crippen molar-refractivity contribution in [2.45, 2.75) is 51.1 Å². The van der Waals surface area contributed by atoms with Crippen molar-refractivity contribution in [3.05, 3.63) is 41.9 Å². The van der Waals surface area contributed by atoms with Gasteiger partial charge in [-0.1, -0.05) is 12.5 Å². The van der Waals surface area contributed by atoms with Crippen LogP contribution in [0.4, 0.5) is 17.5 Å². The van der Waals surface area contributed by atoms with Crippen molar-refractivity contribution in [3.8, 4) is 11.8 Å². The highest BCUT2D eigenvalue weighted by Crippen LogP contribution is 2.32. The summed E-state index contributed by atoms with van der Waals surface area (Å²) < 4.78 is 1.62. The number of piperidine rings is 2. The molecule has 0 unspecified atom stereocenters. The van der Waals surface area contributed by atoms with E-state index >= 15 is 0 Å². The molecule has 170 valence electrons. The molecular formula is C23H28N10. The maximum Gasteiger partial charge on any atom is 0.229 e. The van der Waals surface area contributed by atoms with Crippen LogP contribution in [0.3, 0.4) is 0 Å². The summed E-state index contributed by atoms with van der Waals surface area (Å²) in [5, 5.41) is 24.5. The number of nitriles is 1. The van der Waals surface area contributed by atoms with E-state index in [4.69, 9.17) is 4.98 Å². The number of aromatic nitrogens is 6. The number of fused-ring (bicyclic) bond motifs is 1. The number of aryl methyl sites for hydroxylation is 1. The molecule has 0 saturated carbocycles. The zero-order valence-corrected chi connectivity index (χ0v) is 19.0. The summed E-state index contributed by atoms with van der Waals surface area (Å²) in [6, 6.07) is 9.07. The second kappa shape index (κ2) is 9.11. The fourth-order valence-electron chi connectivity index (χ4n) is 5.15. The molecule has 2 saturated heterocycles. The molecule has 10 nitrogen and oxygen atoms in total. The van der Waals surface area contributed by atoms with Gasteiger partial charge in [-0.15, -0.1) is 5.10 Å². The lowest BCUT2D eigenvalue weighted by molar-refractivity contribution is 0.0893. The first-order valence-corrected chi connectivity index (χ1v) is 11.5. The van der Waals surface area contributed by atoms with Gasteiger partial charge in [0.05, 0.1) is 11.9 Å². The van der Waals surface area contributed by atoms with Crippen LogP contribution < -0.4 is 10.2 Å². The van der Waals surface area contributed by atoms with Gasteiger partial charge in [-0.05, 0) is 73.8 Å². The van der Waals surface area contributed by atoms with E-state index in [9.17, 15) is 5.26 Å². The molecule has 0 amide bonds. The van der Waals surface area contributed by atoms with Crippen molar-refractivity contribution in [2.75, 3.05) is 30.4 Å². The van der Waals surface area contributed by atoms with Gasteiger partial charge in [-0.25, -0.2) is 9.67 Å². The third-order valence-electron chi connectivity index (χ3n) is 6.84. The van der Waals surface area contributed by atoms with Crippen molar-refractivity contribution >= 4 is 17.5 Å². The third-order valence-corrected chi connectivity index (χ3v) is 6.84. The van der Waals surface area contributed by atoms with Gasteiger partial charge in [0.25, 0.3) is 0 Å². The SMILES string of the molecule is Cc1ccc(Nc2ncc(C#N)c(N(C)[C@H]3CCCN4CCCC[C@H]34)n2)cc1-n1cnnn1. The van der Waals surface area contributed by atoms with Crippen molar-refractivity contribution in [3.63, 3.8) is 0 Å². The molecule has 0 spiro atoms. The number of rotatable bonds is 5. The van der Waals surface area contributed by atoms with E-state index in [1.54, 1.807) is 17.2 Å². The van der Waals surface area contributed by atoms with Gasteiger partial charge in [0.1, 0.15) is 18.0 Å². The zero-order chi connectivity index (χ0) is 22.8. The smallest absolute Gasteiger partial charge is 0.229 e. The molecule has 1 aromatic carbocycles. The van der Waals surface area contributed by atoms with Crippen molar-refractivity contribution < 1.29 is 0 Å². The lowest BCUT2D eigenvalue weighted by atomic mass is 9.88. The van der Waals surface area contributed by atoms with Gasteiger partial charge < -0.3 is 10.2 Å². The summed E-state index contributed by atoms with van der Waals surface area (Å²) >= 11 is 0. The summed E-state index contributed by atoms with van der Waals surface area (Å²) in [6.07, 6.45) is 9.21. The first kappa shape index (κ1) is 21.3. The normalized spacial score (nSPS) is 20.6. The van der Waals surface area contributed by atoms with Crippen LogP contribution in [-0.2, 0) is 0 Å². The third kappa shape index (κ3) is 4.24. The molecule has 2 aliphatic rings. The van der Waals surface area contributed by atoms with Crippen LogP contribution in [0.25, 0.3) is 5.69 Å². The standard InChI is InChI=1S/C23H28N10/c1-16-8-9-18(12-21(16)33-15-26-29-30-33)27-23-25-14-17(13-24)22(28-23)31(2)19-7-5-11-32-10-4-3-6-20(19)32/h8-9,12,14-15,19-20H,3-7,10-11H2,1-2H3,(H,25,27,28)/t19-,20+/m0/s1. The van der Waals surface area contributed by atoms with E-state index in [-0.39, 0.29) is 0 Å². The number of likely N-dealkylation sites (N-methyl/N-ethyl adjacent to an activating group) is 1. The monoisotopic (exact) mass is 444 g/mol. The highest BCUT2D eigenvalue weighted by molar-refractivity contribution is 5.62. The molecule has 4 heterocycles. The molecule has 2 fully saturated rings. The number of tetrazole rings is 1. The van der Waals surface area contributed by atoms with E-state index in [1.165, 1.54) is 38.8 Å². The Balaban J connectivity index is 1.42. The highest BCUT2D eigenvalue weighted by Gasteiger charge is 2.36. The minimum atomic E-state index is 0.347. The Morgan fingerprint density at radius 2 is 2.06 bits per heavy atom. The summed E-state index contributed by atoms with van der Waals surface area (Å²) in [5.41, 5.74) is 3.23. The zero-order valence-electron chi connectivity index (χ0n) is 19.0. The maximum absolute atomic E-state index is 9.74. The van der Waals surface area contributed by atoms with Crippen LogP contribution in [0.2, 0.25) is 0 Å². The number of nitrogens with zero attached hydrogens (tertiary/aromatic N) is 9. The van der Waals surface area contributed by atoms with E-state index in [0.717, 1.165) is 23.4 Å². The molecule has 0 aliphatic carbocycles. The van der Waals surface area contributed by atoms with Crippen molar-refractivity contribution in [1.82, 2.24) is 35.1 Å². The Kier molecular flexibility index (Phi) is 5.88. The summed E-state index contributed by atoms with van der Waals surface area (Å²) in [7, 11) is 2.07. The molecule has 3 aromatic rings. The maximum atomic E-state index is 9.74. The predicted molar refractivity (Wildman–Crippen MR) is 125 cm³/mol. The van der Waals surface area contributed by atoms with Gasteiger partial charge in [0, 0.05) is 24.8 Å². The lowest BCUT2D eigenvalue weighted by Crippen LogP contribution is -2.56. The first-order valence-electron chi connectivity index (χ1n) is 11.5. The number of hydrogen-bond acceptors (Lipinski definition) is 9. The predicted octanol–water partition coefficient (Wildman–Crippen LogP) is 2.83. The Morgan fingerprint density at radius 3 is 2.88 bits per heavy atom. The van der Waals surface area contributed by atoms with Gasteiger partial charge in [0.2, 0.25) is 5.95 Å². The molecule has 2 aliphatic heterocycles. The quantitative estimate of drug-likeness (QED) is 0.635. The van der Waals surface area contributed by atoms with Crippen LogP contribution in [0.15, 0.2) is 30.7 Å². The number of nitrogens with one attached hydrogen (secondary N) is 1. The number of benzene rings is 1. The molecular weight excluding hydrogens is 416 g/mol. The lowest BCUT2D eigenvalue weighted by Gasteiger charge is -2.47. The molecule has 2 aromatic heterocycles. The van der Waals surface area contributed by atoms with E-state index in [2.05, 4.69) is 48.7 Å². The van der Waals surface area contributed by atoms with E-state index < -0.39 is 0 Å². The summed E-state index contributed by atoms with van der Waals surface area (Å²) in [4.78, 5) is 14.0. The highest BCUT2D eigenvalue weighted by atomic mass is 15.5. The second-order valence-electron chi connectivity index (χ2n) is 8.84. The minimum absolute atomic E-state index is 0.347. The molecule has 2 atom stereocenters. The Labute approximate surface area is 193 Å². The first-order chi connectivity index (χ1) is 16.1. The van der Waals surface area contributed by atoms with Crippen LogP contribution in [0, 0.1) is 18.3 Å². The van der Waals surface area contributed by atoms with Gasteiger partial charge in [-0.3, -0.25) is 4.90 Å². The van der Waals surface area contributed by atoms with Crippen LogP contribution >= 0.6 is 0 Å². The topological polar surface area (TPSA) is 112 Å². The second-order valence-corrected chi connectivity index (χ2v) is 8.84. The van der Waals surface area contributed by atoms with Crippen molar-refractivity contribution in [1.29, 1.82) is 5.26 Å². The molecule has 0 radical (unpaired) electrons. The molecule has 33 heavy (non-hydrogen) atoms. The molecule has 10 heteroatoms. The Hall–Kier alpha value is -3.58. The fourth-order valence-corrected chi connectivity index (χ4v) is 5.15. The van der Waals surface area contributed by atoms with E-state index in [0.29, 0.717) is 29.4 Å². The minimum Gasteiger partial charge on any atom is -0.354 e. The molecule has 0 bridgehead atoms. The average Bonchev–Trinajstić information content (AvgIpc) is 3.39. The van der Waals surface area contributed by atoms with Crippen LogP contribution in [0.1, 0.15) is 43.2 Å². The van der Waals surface area contributed by atoms with Gasteiger partial charge in [0.15, 0.2) is 5.82 Å². The molecule has 1 N–H and O–H groups in total. The average molecular weight is 445 g/mol. The largest absolute Gasteiger partial charge is 0.354 e. The Bertz CT molecular complexity index is 1150. The Morgan fingerprint density at radius 1 is 1.18 bits per heavy atom. The molecule has 5 rings (SSSR count). The van der Waals surface area contributed by atoms with Gasteiger partial charge >= 0.3 is 0 Å². The number of anilines is 3. The van der Waals surface area contributed by atoms with Crippen LogP contribution in [0.5, 0.6) is 0 Å². The summed E-state index contributed by atoms with van der Waals surface area (Å²) in [5.74, 6) is 1.14. The van der Waals surface area contributed by atoms with Crippen molar-refractivity contribution in [2.24, 2.45) is 0 Å². The van der Waals surface area contributed by atoms with E-state index in [1.807, 2.05) is 25.1 Å². The van der Waals surface area contributed by atoms with Gasteiger partial charge in [-0.2, -0.15) is 10.2 Å². The summed E-state index contributed by atoms with van der Waals surface area (Å²) in [6.45, 7) is 4.35. The fraction of sp³-hybridized carbons (Fsp3) is 0.478. The number of hydrogen-bond donors (Lipinski definition) is 1.